The molecule has 0 aromatic carbocycles. The highest BCUT2D eigenvalue weighted by Gasteiger charge is 2.24. The topological polar surface area (TPSA) is 26.3 Å². The number of carbonyl (C=O) groups excluding carboxylic acids is 1. The fourth-order valence-electron chi connectivity index (χ4n) is 1.80. The van der Waals surface area contributed by atoms with Gasteiger partial charge in [0.2, 0.25) is 0 Å². The van der Waals surface area contributed by atoms with Crippen LogP contribution in [-0.2, 0) is 9.53 Å². The lowest BCUT2D eigenvalue weighted by Crippen LogP contribution is -2.27. The predicted octanol–water partition coefficient (Wildman–Crippen LogP) is 2.91. The number of hydrogen-bond acceptors (Lipinski definition) is 2. The van der Waals surface area contributed by atoms with E-state index in [-0.39, 0.29) is 11.6 Å². The van der Waals surface area contributed by atoms with E-state index in [1.54, 1.807) is 0 Å². The lowest BCUT2D eigenvalue weighted by atomic mass is 9.95. The fourth-order valence-corrected chi connectivity index (χ4v) is 1.80. The molecule has 0 aromatic rings. The summed E-state index contributed by atoms with van der Waals surface area (Å²) >= 11 is 0. The molecule has 0 N–H and O–H groups in total. The van der Waals surface area contributed by atoms with E-state index in [0.29, 0.717) is 12.3 Å². The Morgan fingerprint density at radius 2 is 2.08 bits per heavy atom. The minimum atomic E-state index is -0.249. The van der Waals surface area contributed by atoms with Gasteiger partial charge in [-0.2, -0.15) is 0 Å². The fraction of sp³-hybridized carbons (Fsp3) is 0.909. The van der Waals surface area contributed by atoms with Crippen molar-refractivity contribution in [2.75, 3.05) is 0 Å². The molecule has 1 unspecified atom stereocenters. The molecule has 1 fully saturated rings. The molecule has 0 spiro atoms. The van der Waals surface area contributed by atoms with Crippen molar-refractivity contribution in [1.82, 2.24) is 0 Å². The van der Waals surface area contributed by atoms with E-state index in [2.05, 4.69) is 6.92 Å². The molecule has 0 bridgehead atoms. The third-order valence-corrected chi connectivity index (χ3v) is 2.71. The average Bonchev–Trinajstić information content (AvgIpc) is 2.02. The highest BCUT2D eigenvalue weighted by Crippen LogP contribution is 2.25. The largest absolute Gasteiger partial charge is 0.460 e. The molecule has 0 aliphatic carbocycles. The third-order valence-electron chi connectivity index (χ3n) is 2.71. The lowest BCUT2D eigenvalue weighted by Gasteiger charge is -2.24. The van der Waals surface area contributed by atoms with Crippen LogP contribution in [0.25, 0.3) is 0 Å². The van der Waals surface area contributed by atoms with Gasteiger partial charge in [-0.25, -0.2) is 0 Å². The number of carbonyl (C=O) groups is 1. The summed E-state index contributed by atoms with van der Waals surface area (Å²) in [6.45, 7) is 6.22. The molecular weight excluding hydrogens is 164 g/mol. The van der Waals surface area contributed by atoms with Crippen molar-refractivity contribution in [2.45, 2.75) is 58.5 Å². The van der Waals surface area contributed by atoms with Crippen LogP contribution in [0.15, 0.2) is 0 Å². The first-order valence-corrected chi connectivity index (χ1v) is 5.21. The van der Waals surface area contributed by atoms with Crippen LogP contribution in [0.5, 0.6) is 0 Å². The van der Waals surface area contributed by atoms with Crippen molar-refractivity contribution >= 4 is 5.97 Å². The summed E-state index contributed by atoms with van der Waals surface area (Å²) < 4.78 is 5.37. The van der Waals surface area contributed by atoms with Gasteiger partial charge in [-0.3, -0.25) is 4.79 Å². The monoisotopic (exact) mass is 184 g/mol. The zero-order valence-electron chi connectivity index (χ0n) is 8.93. The maximum Gasteiger partial charge on any atom is 0.306 e. The molecule has 0 amide bonds. The standard InChI is InChI=1S/C11H20O2/c1-9-5-4-8-11(2,3)13-10(12)7-6-9/h9H,4-8H2,1-3H3. The maximum absolute atomic E-state index is 11.3. The second kappa shape index (κ2) is 4.12. The molecule has 1 aliphatic rings. The van der Waals surface area contributed by atoms with Crippen LogP contribution in [0.3, 0.4) is 0 Å². The van der Waals surface area contributed by atoms with Gasteiger partial charge in [-0.15, -0.1) is 0 Å². The number of esters is 1. The first kappa shape index (κ1) is 10.6. The molecular formula is C11H20O2. The Morgan fingerprint density at radius 3 is 2.77 bits per heavy atom. The molecule has 0 saturated carbocycles. The molecule has 0 aromatic heterocycles. The first-order valence-electron chi connectivity index (χ1n) is 5.21. The molecule has 2 heteroatoms. The molecule has 76 valence electrons. The highest BCUT2D eigenvalue weighted by atomic mass is 16.6. The molecule has 0 radical (unpaired) electrons. The molecule has 1 aliphatic heterocycles. The van der Waals surface area contributed by atoms with Crippen molar-refractivity contribution in [1.29, 1.82) is 0 Å². The Labute approximate surface area is 80.7 Å². The van der Waals surface area contributed by atoms with Gasteiger partial charge in [-0.1, -0.05) is 13.3 Å². The Balaban J connectivity index is 2.55. The summed E-state index contributed by atoms with van der Waals surface area (Å²) in [7, 11) is 0. The highest BCUT2D eigenvalue weighted by molar-refractivity contribution is 5.69. The smallest absolute Gasteiger partial charge is 0.306 e. The summed E-state index contributed by atoms with van der Waals surface area (Å²) in [5.74, 6) is 0.639. The van der Waals surface area contributed by atoms with Gasteiger partial charge in [0.15, 0.2) is 0 Å². The van der Waals surface area contributed by atoms with Crippen LogP contribution in [0.2, 0.25) is 0 Å². The second-order valence-electron chi connectivity index (χ2n) is 4.77. The van der Waals surface area contributed by atoms with Crippen molar-refractivity contribution in [2.24, 2.45) is 5.92 Å². The normalized spacial score (nSPS) is 29.8. The molecule has 1 atom stereocenters. The van der Waals surface area contributed by atoms with Crippen LogP contribution in [-0.4, -0.2) is 11.6 Å². The van der Waals surface area contributed by atoms with Crippen molar-refractivity contribution in [3.63, 3.8) is 0 Å². The summed E-state index contributed by atoms with van der Waals surface area (Å²) in [5, 5.41) is 0. The zero-order chi connectivity index (χ0) is 9.90. The van der Waals surface area contributed by atoms with Crippen LogP contribution >= 0.6 is 0 Å². The van der Waals surface area contributed by atoms with Crippen molar-refractivity contribution in [3.05, 3.63) is 0 Å². The quantitative estimate of drug-likeness (QED) is 0.541. The molecule has 1 saturated heterocycles. The lowest BCUT2D eigenvalue weighted by molar-refractivity contribution is -0.156. The Kier molecular flexibility index (Phi) is 3.34. The second-order valence-corrected chi connectivity index (χ2v) is 4.77. The maximum atomic E-state index is 11.3. The summed E-state index contributed by atoms with van der Waals surface area (Å²) in [4.78, 5) is 11.3. The minimum absolute atomic E-state index is 0.0289. The van der Waals surface area contributed by atoms with E-state index < -0.39 is 0 Å². The summed E-state index contributed by atoms with van der Waals surface area (Å²) in [5.41, 5.74) is -0.249. The van der Waals surface area contributed by atoms with Crippen LogP contribution in [0, 0.1) is 5.92 Å². The Morgan fingerprint density at radius 1 is 1.38 bits per heavy atom. The van der Waals surface area contributed by atoms with E-state index in [1.165, 1.54) is 12.8 Å². The van der Waals surface area contributed by atoms with E-state index in [1.807, 2.05) is 13.8 Å². The van der Waals surface area contributed by atoms with E-state index in [9.17, 15) is 4.79 Å². The van der Waals surface area contributed by atoms with Gasteiger partial charge in [0.25, 0.3) is 0 Å². The summed E-state index contributed by atoms with van der Waals surface area (Å²) in [6.07, 6.45) is 4.95. The molecule has 1 heterocycles. The van der Waals surface area contributed by atoms with Gasteiger partial charge in [0.1, 0.15) is 5.60 Å². The zero-order valence-corrected chi connectivity index (χ0v) is 8.93. The summed E-state index contributed by atoms with van der Waals surface area (Å²) in [6, 6.07) is 0. The van der Waals surface area contributed by atoms with Crippen LogP contribution in [0.1, 0.15) is 52.9 Å². The van der Waals surface area contributed by atoms with Crippen molar-refractivity contribution in [3.8, 4) is 0 Å². The van der Waals surface area contributed by atoms with Gasteiger partial charge in [-0.05, 0) is 39.0 Å². The SMILES string of the molecule is CC1CCCC(C)(C)OC(=O)CC1. The number of rotatable bonds is 0. The number of cyclic esters (lactones) is 1. The minimum Gasteiger partial charge on any atom is -0.460 e. The molecule has 1 rings (SSSR count). The van der Waals surface area contributed by atoms with Gasteiger partial charge in [0, 0.05) is 6.42 Å². The Bertz CT molecular complexity index is 185. The van der Waals surface area contributed by atoms with E-state index in [0.717, 1.165) is 12.8 Å². The number of hydrogen-bond donors (Lipinski definition) is 0. The van der Waals surface area contributed by atoms with E-state index >= 15 is 0 Å². The van der Waals surface area contributed by atoms with Crippen LogP contribution < -0.4 is 0 Å². The first-order chi connectivity index (χ1) is 5.99. The van der Waals surface area contributed by atoms with Gasteiger partial charge in [0.05, 0.1) is 0 Å². The predicted molar refractivity (Wildman–Crippen MR) is 52.4 cm³/mol. The van der Waals surface area contributed by atoms with Crippen molar-refractivity contribution < 1.29 is 9.53 Å². The molecule has 2 nitrogen and oxygen atoms in total. The molecule has 13 heavy (non-hydrogen) atoms. The van der Waals surface area contributed by atoms with Gasteiger partial charge < -0.3 is 4.74 Å². The van der Waals surface area contributed by atoms with Crippen LogP contribution in [0.4, 0.5) is 0 Å². The average molecular weight is 184 g/mol. The number of ether oxygens (including phenoxy) is 1. The van der Waals surface area contributed by atoms with Gasteiger partial charge >= 0.3 is 5.97 Å². The third kappa shape index (κ3) is 3.79. The Hall–Kier alpha value is -0.530. The van der Waals surface area contributed by atoms with E-state index in [4.69, 9.17) is 4.74 Å².